The van der Waals surface area contributed by atoms with Crippen LogP contribution in [0.15, 0.2) is 4.99 Å². The molecule has 10 atom stereocenters. The number of rotatable bonds is 39. The maximum Gasteiger partial charge on any atom is 0.326 e. The van der Waals surface area contributed by atoms with Crippen molar-refractivity contribution in [2.24, 2.45) is 57.3 Å². The van der Waals surface area contributed by atoms with Gasteiger partial charge < -0.3 is 97.2 Å². The van der Waals surface area contributed by atoms with Gasteiger partial charge in [0.05, 0.1) is 31.7 Å². The molecule has 33 nitrogen and oxygen atoms in total. The fourth-order valence-corrected chi connectivity index (χ4v) is 7.36. The van der Waals surface area contributed by atoms with E-state index in [1.165, 1.54) is 13.8 Å². The van der Waals surface area contributed by atoms with Gasteiger partial charge in [0.25, 0.3) is 0 Å². The first-order chi connectivity index (χ1) is 38.0. The van der Waals surface area contributed by atoms with Crippen LogP contribution in [0.2, 0.25) is 0 Å². The van der Waals surface area contributed by atoms with E-state index in [1.54, 1.807) is 41.5 Å². The van der Waals surface area contributed by atoms with Crippen LogP contribution < -0.4 is 81.8 Å². The fraction of sp³-hybridized carbons (Fsp3) is 0.694. The first-order valence-electron chi connectivity index (χ1n) is 26.5. The number of aliphatic hydroxyl groups is 1. The molecule has 33 heteroatoms. The predicted octanol–water partition coefficient (Wildman–Crippen LogP) is -7.04. The maximum atomic E-state index is 13.8. The van der Waals surface area contributed by atoms with Gasteiger partial charge in [-0.25, -0.2) is 4.79 Å². The lowest BCUT2D eigenvalue weighted by atomic mass is 9.99. The number of aliphatic carboxylic acids is 2. The number of aliphatic hydroxyl groups excluding tert-OH is 1. The number of hydrogen-bond donors (Lipinski definition) is 18. The molecule has 0 aliphatic rings. The molecule has 0 aromatic rings. The molecule has 0 aliphatic carbocycles. The average Bonchev–Trinajstić information content (AvgIpc) is 3.38. The highest BCUT2D eigenvalue weighted by molar-refractivity contribution is 5.99. The molecule has 0 fully saturated rings. The molecule has 0 bridgehead atoms. The van der Waals surface area contributed by atoms with E-state index in [1.807, 2.05) is 0 Å². The molecule has 464 valence electrons. The van der Waals surface area contributed by atoms with Gasteiger partial charge >= 0.3 is 11.9 Å². The zero-order valence-corrected chi connectivity index (χ0v) is 47.8. The van der Waals surface area contributed by atoms with E-state index in [2.05, 4.69) is 58.2 Å². The summed E-state index contributed by atoms with van der Waals surface area (Å²) in [5, 5.41) is 53.0. The number of amides is 12. The number of carbonyl (C=O) groups is 14. The Bertz CT molecular complexity index is 2290. The second-order valence-corrected chi connectivity index (χ2v) is 20.8. The molecular formula is C49H86N16O17. The van der Waals surface area contributed by atoms with Gasteiger partial charge in [-0.1, -0.05) is 55.4 Å². The fourth-order valence-electron chi connectivity index (χ4n) is 7.36. The van der Waals surface area contributed by atoms with Gasteiger partial charge in [0.1, 0.15) is 48.3 Å². The Morgan fingerprint density at radius 2 is 0.890 bits per heavy atom. The molecule has 0 unspecified atom stereocenters. The van der Waals surface area contributed by atoms with Crippen molar-refractivity contribution in [2.45, 2.75) is 174 Å². The summed E-state index contributed by atoms with van der Waals surface area (Å²) >= 11 is 0. The first-order valence-corrected chi connectivity index (χ1v) is 26.5. The number of nitrogens with zero attached hydrogens (tertiary/aromatic N) is 1. The number of nitrogens with two attached hydrogens (primary N) is 5. The number of primary amides is 2. The Kier molecular flexibility index (Phi) is 33.2. The molecule has 0 aliphatic heterocycles. The van der Waals surface area contributed by atoms with Crippen LogP contribution in [0.5, 0.6) is 0 Å². The highest BCUT2D eigenvalue weighted by Crippen LogP contribution is 2.11. The van der Waals surface area contributed by atoms with Gasteiger partial charge in [-0.15, -0.1) is 0 Å². The Hall–Kier alpha value is -8.23. The predicted molar refractivity (Wildman–Crippen MR) is 292 cm³/mol. The van der Waals surface area contributed by atoms with Crippen molar-refractivity contribution in [3.05, 3.63) is 0 Å². The zero-order chi connectivity index (χ0) is 63.3. The van der Waals surface area contributed by atoms with E-state index < -0.39 is 187 Å². The molecule has 0 aromatic heterocycles. The van der Waals surface area contributed by atoms with E-state index in [4.69, 9.17) is 28.7 Å². The number of aliphatic imine (C=N–C) groups is 1. The van der Waals surface area contributed by atoms with Crippen LogP contribution in [0.1, 0.15) is 114 Å². The number of nitrogens with one attached hydrogen (secondary N) is 10. The number of guanidine groups is 1. The SMILES string of the molecule is CC(C)C[C@H](NC(=O)CNC(=O)[C@H](CCC(N)=O)NC(=O)[C@@H](N)C(C)C)C(=O)N[C@@H](CCC(=O)O)C(=O)N[C@H](C(=O)NCC(=O)N[C@@H](CCCN=C(N)N)C(=O)N[C@@H](CC(N)=O)C(=O)N[C@H](C(=O)N[C@H](C(=O)O)C(C)C)C(C)C)[C@@H](C)O. The van der Waals surface area contributed by atoms with Gasteiger partial charge in [-0.2, -0.15) is 0 Å². The van der Waals surface area contributed by atoms with Crippen molar-refractivity contribution in [3.63, 3.8) is 0 Å². The van der Waals surface area contributed by atoms with Gasteiger partial charge in [0.15, 0.2) is 5.96 Å². The molecule has 0 radical (unpaired) electrons. The average molecular weight is 1170 g/mol. The van der Waals surface area contributed by atoms with Crippen LogP contribution in [0.25, 0.3) is 0 Å². The summed E-state index contributed by atoms with van der Waals surface area (Å²) < 4.78 is 0. The molecule has 0 saturated heterocycles. The molecule has 0 spiro atoms. The number of carbonyl (C=O) groups excluding carboxylic acids is 12. The van der Waals surface area contributed by atoms with E-state index in [-0.39, 0.29) is 56.4 Å². The lowest BCUT2D eigenvalue weighted by molar-refractivity contribution is -0.144. The minimum Gasteiger partial charge on any atom is -0.481 e. The topological polar surface area (TPSA) is 562 Å². The van der Waals surface area contributed by atoms with Crippen molar-refractivity contribution >= 4 is 88.8 Å². The van der Waals surface area contributed by atoms with Crippen molar-refractivity contribution in [2.75, 3.05) is 19.6 Å². The molecule has 0 rings (SSSR count). The Balaban J connectivity index is 6.40. The Morgan fingerprint density at radius 1 is 0.451 bits per heavy atom. The van der Waals surface area contributed by atoms with Gasteiger partial charge in [-0.05, 0) is 62.7 Å². The standard InChI is InChI=1S/C49H86N16O17/c1-21(2)17-29(59-34(70)19-56-40(73)27(12-14-31(50)67)61-45(78)36(52)22(3)4)43(76)60-28(13-15-35(71)72)42(75)65-39(25(9)66)46(79)57-20-33(69)58-26(11-10-16-55-49(53)54)41(74)62-30(18-32(51)68)44(77)63-37(23(5)6)47(80)64-38(24(7)8)48(81)82/h21-30,36-39,66H,10-20,52H2,1-9H3,(H2,50,67)(H2,51,68)(H,56,73)(H,57,79)(H,58,69)(H,59,70)(H,60,76)(H,61,78)(H,62,74)(H,63,77)(H,64,80)(H,65,75)(H,71,72)(H,81,82)(H4,53,54,55)/t25-,26+,27+,28+,29+,30+,36+,37+,38+,39+/m1/s1. The molecule has 82 heavy (non-hydrogen) atoms. The highest BCUT2D eigenvalue weighted by Gasteiger charge is 2.36. The summed E-state index contributed by atoms with van der Waals surface area (Å²) in [6.07, 6.45) is -4.69. The molecule has 0 aromatic carbocycles. The molecular weight excluding hydrogens is 1080 g/mol. The number of hydrogen-bond acceptors (Lipinski definition) is 17. The van der Waals surface area contributed by atoms with Crippen molar-refractivity contribution in [3.8, 4) is 0 Å². The second-order valence-electron chi connectivity index (χ2n) is 20.8. The van der Waals surface area contributed by atoms with Crippen LogP contribution in [0, 0.1) is 23.7 Å². The quantitative estimate of drug-likeness (QED) is 0.0154. The van der Waals surface area contributed by atoms with Gasteiger partial charge in [-0.3, -0.25) is 67.3 Å². The van der Waals surface area contributed by atoms with E-state index in [0.717, 1.165) is 6.92 Å². The summed E-state index contributed by atoms with van der Waals surface area (Å²) in [4.78, 5) is 185. The lowest BCUT2D eigenvalue weighted by Crippen LogP contribution is -2.60. The van der Waals surface area contributed by atoms with Crippen LogP contribution in [-0.2, 0) is 67.1 Å². The second kappa shape index (κ2) is 36.9. The molecule has 12 amide bonds. The largest absolute Gasteiger partial charge is 0.481 e. The molecule has 23 N–H and O–H groups in total. The number of carboxylic acid groups (broad SMARTS) is 2. The first kappa shape index (κ1) is 73.8. The van der Waals surface area contributed by atoms with Crippen LogP contribution >= 0.6 is 0 Å². The van der Waals surface area contributed by atoms with Crippen LogP contribution in [0.3, 0.4) is 0 Å². The summed E-state index contributed by atoms with van der Waals surface area (Å²) in [7, 11) is 0. The molecule has 0 heterocycles. The monoisotopic (exact) mass is 1170 g/mol. The minimum absolute atomic E-state index is 0.0161. The van der Waals surface area contributed by atoms with E-state index in [9.17, 15) is 82.4 Å². The normalized spacial score (nSPS) is 14.8. The number of carboxylic acids is 2. The van der Waals surface area contributed by atoms with Crippen molar-refractivity contribution in [1.82, 2.24) is 53.2 Å². The molecule has 0 saturated carbocycles. The lowest BCUT2D eigenvalue weighted by Gasteiger charge is -2.28. The van der Waals surface area contributed by atoms with Crippen LogP contribution in [-0.4, -0.2) is 184 Å². The third-order valence-corrected chi connectivity index (χ3v) is 12.0. The van der Waals surface area contributed by atoms with Crippen LogP contribution in [0.4, 0.5) is 0 Å². The smallest absolute Gasteiger partial charge is 0.326 e. The third-order valence-electron chi connectivity index (χ3n) is 12.0. The van der Waals surface area contributed by atoms with Gasteiger partial charge in [0, 0.05) is 19.4 Å². The highest BCUT2D eigenvalue weighted by atomic mass is 16.4. The summed E-state index contributed by atoms with van der Waals surface area (Å²) in [6, 6.07) is -13.4. The minimum atomic E-state index is -1.89. The summed E-state index contributed by atoms with van der Waals surface area (Å²) in [6.45, 7) is 12.2. The third kappa shape index (κ3) is 29.3. The summed E-state index contributed by atoms with van der Waals surface area (Å²) in [5.41, 5.74) is 27.3. The Morgan fingerprint density at radius 3 is 1.37 bits per heavy atom. The van der Waals surface area contributed by atoms with Gasteiger partial charge in [0.2, 0.25) is 70.9 Å². The zero-order valence-electron chi connectivity index (χ0n) is 47.8. The van der Waals surface area contributed by atoms with E-state index >= 15 is 0 Å². The Labute approximate surface area is 474 Å². The van der Waals surface area contributed by atoms with Crippen molar-refractivity contribution < 1.29 is 82.4 Å². The summed E-state index contributed by atoms with van der Waals surface area (Å²) in [5.74, 6) is -16.8. The maximum absolute atomic E-state index is 13.8. The van der Waals surface area contributed by atoms with E-state index in [0.29, 0.717) is 0 Å². The van der Waals surface area contributed by atoms with Crippen molar-refractivity contribution in [1.29, 1.82) is 0 Å².